The van der Waals surface area contributed by atoms with E-state index < -0.39 is 0 Å². The summed E-state index contributed by atoms with van der Waals surface area (Å²) in [7, 11) is 0. The van der Waals surface area contributed by atoms with Gasteiger partial charge in [0, 0.05) is 30.2 Å². The van der Waals surface area contributed by atoms with Crippen LogP contribution in [-0.4, -0.2) is 11.1 Å². The molecule has 0 aliphatic rings. The fourth-order valence-corrected chi connectivity index (χ4v) is 2.78. The second kappa shape index (κ2) is 8.68. The molecule has 0 saturated heterocycles. The largest absolute Gasteiger partial charge is 0.347 e. The summed E-state index contributed by atoms with van der Waals surface area (Å²) in [6, 6.07) is 8.92. The number of unbranched alkanes of at least 4 members (excludes halogenated alkanes) is 3. The van der Waals surface area contributed by atoms with E-state index in [1.54, 1.807) is 0 Å². The summed E-state index contributed by atoms with van der Waals surface area (Å²) in [5.74, 6) is 0. The van der Waals surface area contributed by atoms with Gasteiger partial charge in [-0.3, -0.25) is 0 Å². The van der Waals surface area contributed by atoms with Crippen LogP contribution in [0.15, 0.2) is 43.1 Å². The lowest BCUT2D eigenvalue weighted by Gasteiger charge is -2.08. The number of fused-ring (bicyclic) bond motifs is 1. The molecule has 1 N–H and O–H groups in total. The van der Waals surface area contributed by atoms with Crippen LogP contribution >= 0.6 is 0 Å². The summed E-state index contributed by atoms with van der Waals surface area (Å²) < 4.78 is 2.40. The molecule has 2 rings (SSSR count). The van der Waals surface area contributed by atoms with E-state index in [0.717, 1.165) is 26.1 Å². The maximum atomic E-state index is 3.78. The highest BCUT2D eigenvalue weighted by atomic mass is 14.9. The van der Waals surface area contributed by atoms with Crippen LogP contribution in [0.2, 0.25) is 0 Å². The Morgan fingerprint density at radius 1 is 1.19 bits per heavy atom. The predicted molar refractivity (Wildman–Crippen MR) is 92.6 cm³/mol. The van der Waals surface area contributed by atoms with Crippen molar-refractivity contribution in [3.63, 3.8) is 0 Å². The summed E-state index contributed by atoms with van der Waals surface area (Å²) in [6.45, 7) is 9.15. The zero-order chi connectivity index (χ0) is 14.9. The maximum absolute atomic E-state index is 3.78. The minimum atomic E-state index is 0.967. The van der Waals surface area contributed by atoms with Crippen molar-refractivity contribution in [2.24, 2.45) is 0 Å². The van der Waals surface area contributed by atoms with Crippen molar-refractivity contribution in [1.82, 2.24) is 9.88 Å². The van der Waals surface area contributed by atoms with Gasteiger partial charge in [0.1, 0.15) is 0 Å². The van der Waals surface area contributed by atoms with Gasteiger partial charge in [-0.25, -0.2) is 0 Å². The van der Waals surface area contributed by atoms with Crippen molar-refractivity contribution < 1.29 is 0 Å². The Morgan fingerprint density at radius 2 is 2.10 bits per heavy atom. The van der Waals surface area contributed by atoms with Crippen LogP contribution in [0, 0.1) is 0 Å². The average Bonchev–Trinajstić information content (AvgIpc) is 2.91. The fraction of sp³-hybridized carbons (Fsp3) is 0.474. The van der Waals surface area contributed by atoms with Gasteiger partial charge in [-0.2, -0.15) is 0 Å². The molecule has 0 amide bonds. The number of rotatable bonds is 10. The average molecular weight is 284 g/mol. The van der Waals surface area contributed by atoms with E-state index in [0.29, 0.717) is 0 Å². The van der Waals surface area contributed by atoms with E-state index in [2.05, 4.69) is 53.8 Å². The number of hydrogen-bond acceptors (Lipinski definition) is 1. The van der Waals surface area contributed by atoms with Crippen molar-refractivity contribution in [3.05, 3.63) is 48.7 Å². The van der Waals surface area contributed by atoms with E-state index in [9.17, 15) is 0 Å². The second-order valence-electron chi connectivity index (χ2n) is 5.67. The number of allylic oxidation sites excluding steroid dienone is 1. The van der Waals surface area contributed by atoms with E-state index >= 15 is 0 Å². The minimum absolute atomic E-state index is 0.967. The maximum Gasteiger partial charge on any atom is 0.0483 e. The Balaban J connectivity index is 1.98. The molecule has 0 fully saturated rings. The number of aromatic nitrogens is 1. The third-order valence-electron chi connectivity index (χ3n) is 3.95. The zero-order valence-corrected chi connectivity index (χ0v) is 13.3. The molecule has 0 spiro atoms. The highest BCUT2D eigenvalue weighted by Gasteiger charge is 2.05. The Labute approximate surface area is 128 Å². The van der Waals surface area contributed by atoms with Crippen LogP contribution in [0.4, 0.5) is 0 Å². The van der Waals surface area contributed by atoms with Crippen LogP contribution in [0.3, 0.4) is 0 Å². The monoisotopic (exact) mass is 284 g/mol. The highest BCUT2D eigenvalue weighted by molar-refractivity contribution is 5.83. The summed E-state index contributed by atoms with van der Waals surface area (Å²) >= 11 is 0. The van der Waals surface area contributed by atoms with E-state index in [4.69, 9.17) is 0 Å². The third kappa shape index (κ3) is 4.47. The summed E-state index contributed by atoms with van der Waals surface area (Å²) in [6.07, 6.45) is 10.4. The molecule has 2 aromatic rings. The molecule has 114 valence electrons. The standard InChI is InChI=1S/C19H28N2/c1-3-5-6-7-8-14-21-15-12-18-17(16-20-13-4-2)10-9-11-19(18)21/h3,9-12,15,20H,1,4-8,13-14,16H2,2H3. The lowest BCUT2D eigenvalue weighted by Crippen LogP contribution is -2.13. The van der Waals surface area contributed by atoms with Crippen molar-refractivity contribution in [2.45, 2.75) is 52.1 Å². The van der Waals surface area contributed by atoms with Crippen LogP contribution in [0.1, 0.15) is 44.6 Å². The molecule has 2 nitrogen and oxygen atoms in total. The van der Waals surface area contributed by atoms with Gasteiger partial charge in [0.25, 0.3) is 0 Å². The fourth-order valence-electron chi connectivity index (χ4n) is 2.78. The van der Waals surface area contributed by atoms with E-state index in [1.807, 2.05) is 6.08 Å². The van der Waals surface area contributed by atoms with E-state index in [-0.39, 0.29) is 0 Å². The molecular formula is C19H28N2. The molecule has 0 saturated carbocycles. The molecule has 0 atom stereocenters. The normalized spacial score (nSPS) is 11.1. The summed E-state index contributed by atoms with van der Waals surface area (Å²) in [5, 5.41) is 4.90. The summed E-state index contributed by atoms with van der Waals surface area (Å²) in [5.41, 5.74) is 2.78. The molecule has 1 aromatic heterocycles. The van der Waals surface area contributed by atoms with E-state index in [1.165, 1.54) is 42.1 Å². The van der Waals surface area contributed by atoms with Gasteiger partial charge in [-0.1, -0.05) is 31.6 Å². The summed E-state index contributed by atoms with van der Waals surface area (Å²) in [4.78, 5) is 0. The number of aryl methyl sites for hydroxylation is 1. The Morgan fingerprint density at radius 3 is 2.90 bits per heavy atom. The van der Waals surface area contributed by atoms with Crippen molar-refractivity contribution in [1.29, 1.82) is 0 Å². The molecule has 21 heavy (non-hydrogen) atoms. The predicted octanol–water partition coefficient (Wildman–Crippen LogP) is 4.89. The van der Waals surface area contributed by atoms with Gasteiger partial charge in [0.15, 0.2) is 0 Å². The molecule has 0 radical (unpaired) electrons. The van der Waals surface area contributed by atoms with Gasteiger partial charge in [-0.05, 0) is 49.9 Å². The molecule has 1 aromatic carbocycles. The van der Waals surface area contributed by atoms with Gasteiger partial charge < -0.3 is 9.88 Å². The lowest BCUT2D eigenvalue weighted by atomic mass is 10.1. The number of nitrogens with zero attached hydrogens (tertiary/aromatic N) is 1. The Kier molecular flexibility index (Phi) is 6.55. The van der Waals surface area contributed by atoms with Gasteiger partial charge in [0.2, 0.25) is 0 Å². The first-order valence-electron chi connectivity index (χ1n) is 8.25. The second-order valence-corrected chi connectivity index (χ2v) is 5.67. The van der Waals surface area contributed by atoms with Gasteiger partial charge in [-0.15, -0.1) is 6.58 Å². The Hall–Kier alpha value is -1.54. The molecule has 0 aliphatic heterocycles. The van der Waals surface area contributed by atoms with Crippen LogP contribution in [-0.2, 0) is 13.1 Å². The first-order chi connectivity index (χ1) is 10.4. The molecule has 0 aliphatic carbocycles. The van der Waals surface area contributed by atoms with Crippen LogP contribution < -0.4 is 5.32 Å². The van der Waals surface area contributed by atoms with Crippen molar-refractivity contribution in [2.75, 3.05) is 6.54 Å². The number of benzene rings is 1. The zero-order valence-electron chi connectivity index (χ0n) is 13.3. The van der Waals surface area contributed by atoms with Crippen LogP contribution in [0.25, 0.3) is 10.9 Å². The smallest absolute Gasteiger partial charge is 0.0483 e. The molecule has 0 unspecified atom stereocenters. The third-order valence-corrected chi connectivity index (χ3v) is 3.95. The first kappa shape index (κ1) is 15.8. The van der Waals surface area contributed by atoms with Gasteiger partial charge >= 0.3 is 0 Å². The molecular weight excluding hydrogens is 256 g/mol. The molecule has 2 heteroatoms. The van der Waals surface area contributed by atoms with Crippen molar-refractivity contribution >= 4 is 10.9 Å². The van der Waals surface area contributed by atoms with Crippen molar-refractivity contribution in [3.8, 4) is 0 Å². The number of hydrogen-bond donors (Lipinski definition) is 1. The lowest BCUT2D eigenvalue weighted by molar-refractivity contribution is 0.603. The first-order valence-corrected chi connectivity index (χ1v) is 8.25. The van der Waals surface area contributed by atoms with Crippen LogP contribution in [0.5, 0.6) is 0 Å². The SMILES string of the molecule is C=CCCCCCn1ccc2c(CNCCC)cccc21. The minimum Gasteiger partial charge on any atom is -0.347 e. The van der Waals surface area contributed by atoms with Gasteiger partial charge in [0.05, 0.1) is 0 Å². The molecule has 1 heterocycles. The number of nitrogens with one attached hydrogen (secondary N) is 1. The molecule has 0 bridgehead atoms. The Bertz CT molecular complexity index is 554. The highest BCUT2D eigenvalue weighted by Crippen LogP contribution is 2.21. The quantitative estimate of drug-likeness (QED) is 0.485. The topological polar surface area (TPSA) is 17.0 Å².